The van der Waals surface area contributed by atoms with Crippen molar-refractivity contribution >= 4 is 0 Å². The number of ether oxygens (including phenoxy) is 3. The van der Waals surface area contributed by atoms with E-state index in [1.165, 1.54) is 0 Å². The molecule has 4 heteroatoms. The Bertz CT molecular complexity index is 639. The predicted octanol–water partition coefficient (Wildman–Crippen LogP) is 4.10. The van der Waals surface area contributed by atoms with Crippen LogP contribution in [-0.2, 0) is 11.3 Å². The van der Waals surface area contributed by atoms with Gasteiger partial charge in [0.05, 0.1) is 20.8 Å². The maximum absolute atomic E-state index is 10.7. The molecule has 0 aliphatic heterocycles. The molecule has 1 atom stereocenters. The monoisotopic (exact) mass is 330 g/mol. The molecule has 130 valence electrons. The average molecular weight is 330 g/mol. The summed E-state index contributed by atoms with van der Waals surface area (Å²) in [7, 11) is 3.18. The highest BCUT2D eigenvalue weighted by molar-refractivity contribution is 5.45. The van der Waals surface area contributed by atoms with Gasteiger partial charge in [-0.2, -0.15) is 0 Å². The number of methoxy groups -OCH3 is 2. The van der Waals surface area contributed by atoms with Crippen molar-refractivity contribution < 1.29 is 19.3 Å². The van der Waals surface area contributed by atoms with E-state index in [1.807, 2.05) is 30.3 Å². The summed E-state index contributed by atoms with van der Waals surface area (Å²) < 4.78 is 16.2. The van der Waals surface area contributed by atoms with Gasteiger partial charge in [0, 0.05) is 6.61 Å². The van der Waals surface area contributed by atoms with Gasteiger partial charge in [0.15, 0.2) is 11.5 Å². The molecule has 0 radical (unpaired) electrons. The van der Waals surface area contributed by atoms with Crippen LogP contribution < -0.4 is 9.47 Å². The molecule has 24 heavy (non-hydrogen) atoms. The minimum Gasteiger partial charge on any atom is -0.493 e. The van der Waals surface area contributed by atoms with E-state index in [4.69, 9.17) is 14.2 Å². The highest BCUT2D eigenvalue weighted by Gasteiger charge is 2.14. The number of aliphatic hydroxyl groups is 1. The van der Waals surface area contributed by atoms with Crippen LogP contribution in [0.25, 0.3) is 0 Å². The Morgan fingerprint density at radius 1 is 0.958 bits per heavy atom. The molecule has 2 aromatic rings. The van der Waals surface area contributed by atoms with Crippen LogP contribution in [0.4, 0.5) is 0 Å². The first kappa shape index (κ1) is 18.3. The lowest BCUT2D eigenvalue weighted by molar-refractivity contribution is 0.118. The predicted molar refractivity (Wildman–Crippen MR) is 94.6 cm³/mol. The Morgan fingerprint density at radius 2 is 1.71 bits per heavy atom. The van der Waals surface area contributed by atoms with Gasteiger partial charge >= 0.3 is 0 Å². The highest BCUT2D eigenvalue weighted by atomic mass is 16.5. The van der Waals surface area contributed by atoms with Crippen LogP contribution >= 0.6 is 0 Å². The van der Waals surface area contributed by atoms with E-state index in [2.05, 4.69) is 6.92 Å². The molecule has 0 spiro atoms. The molecule has 0 amide bonds. The van der Waals surface area contributed by atoms with Crippen molar-refractivity contribution in [2.24, 2.45) is 0 Å². The summed E-state index contributed by atoms with van der Waals surface area (Å²) in [5.41, 5.74) is 2.65. The van der Waals surface area contributed by atoms with Crippen molar-refractivity contribution in [3.63, 3.8) is 0 Å². The summed E-state index contributed by atoms with van der Waals surface area (Å²) in [6.07, 6.45) is 1.46. The normalized spacial score (nSPS) is 12.0. The number of unbranched alkanes of at least 4 members (excludes halogenated alkanes) is 1. The van der Waals surface area contributed by atoms with Gasteiger partial charge in [0.25, 0.3) is 0 Å². The summed E-state index contributed by atoms with van der Waals surface area (Å²) in [6.45, 7) is 3.47. The first-order valence-corrected chi connectivity index (χ1v) is 8.26. The van der Waals surface area contributed by atoms with Crippen molar-refractivity contribution in [1.29, 1.82) is 0 Å². The Labute approximate surface area is 144 Å². The van der Waals surface area contributed by atoms with Crippen LogP contribution in [0.2, 0.25) is 0 Å². The van der Waals surface area contributed by atoms with E-state index in [-0.39, 0.29) is 0 Å². The van der Waals surface area contributed by atoms with Crippen LogP contribution in [-0.4, -0.2) is 25.9 Å². The van der Waals surface area contributed by atoms with Gasteiger partial charge in [-0.15, -0.1) is 0 Å². The smallest absolute Gasteiger partial charge is 0.161 e. The second-order valence-electron chi connectivity index (χ2n) is 5.67. The standard InChI is InChI=1S/C20H26O4/c1-4-5-11-24-14-15-7-6-8-16(12-15)20(21)17-9-10-18(22-2)19(13-17)23-3/h6-10,12-13,20-21H,4-5,11,14H2,1-3H3. The molecule has 0 saturated carbocycles. The average Bonchev–Trinajstić information content (AvgIpc) is 2.64. The molecule has 0 bridgehead atoms. The lowest BCUT2D eigenvalue weighted by atomic mass is 9.99. The van der Waals surface area contributed by atoms with Gasteiger partial charge in [-0.3, -0.25) is 0 Å². The molecule has 1 unspecified atom stereocenters. The lowest BCUT2D eigenvalue weighted by Gasteiger charge is -2.15. The molecular formula is C20H26O4. The molecule has 0 heterocycles. The third kappa shape index (κ3) is 4.73. The van der Waals surface area contributed by atoms with Crippen molar-refractivity contribution in [3.8, 4) is 11.5 Å². The second kappa shape index (κ2) is 9.30. The third-order valence-corrected chi connectivity index (χ3v) is 3.90. The van der Waals surface area contributed by atoms with Crippen molar-refractivity contribution in [2.75, 3.05) is 20.8 Å². The van der Waals surface area contributed by atoms with Crippen molar-refractivity contribution in [3.05, 3.63) is 59.2 Å². The zero-order valence-corrected chi connectivity index (χ0v) is 14.6. The van der Waals surface area contributed by atoms with Gasteiger partial charge < -0.3 is 19.3 Å². The van der Waals surface area contributed by atoms with Crippen LogP contribution in [0.5, 0.6) is 11.5 Å². The largest absolute Gasteiger partial charge is 0.493 e. The topological polar surface area (TPSA) is 47.9 Å². The van der Waals surface area contributed by atoms with Gasteiger partial charge in [-0.05, 0) is 35.2 Å². The number of hydrogen-bond donors (Lipinski definition) is 1. The molecule has 0 fully saturated rings. The molecule has 0 aliphatic rings. The first-order valence-electron chi connectivity index (χ1n) is 8.26. The number of aliphatic hydroxyl groups excluding tert-OH is 1. The zero-order chi connectivity index (χ0) is 17.4. The van der Waals surface area contributed by atoms with Crippen LogP contribution in [0.3, 0.4) is 0 Å². The fraction of sp³-hybridized carbons (Fsp3) is 0.400. The third-order valence-electron chi connectivity index (χ3n) is 3.90. The Hall–Kier alpha value is -2.04. The summed E-state index contributed by atoms with van der Waals surface area (Å²) >= 11 is 0. The number of hydrogen-bond acceptors (Lipinski definition) is 4. The summed E-state index contributed by atoms with van der Waals surface area (Å²) in [5.74, 6) is 1.25. The van der Waals surface area contributed by atoms with Gasteiger partial charge in [0.1, 0.15) is 6.10 Å². The maximum Gasteiger partial charge on any atom is 0.161 e. The lowest BCUT2D eigenvalue weighted by Crippen LogP contribution is -2.02. The molecule has 1 N–H and O–H groups in total. The Balaban J connectivity index is 2.13. The number of benzene rings is 2. The van der Waals surface area contributed by atoms with Gasteiger partial charge in [-0.1, -0.05) is 43.7 Å². The fourth-order valence-corrected chi connectivity index (χ4v) is 2.50. The molecule has 2 aromatic carbocycles. The molecule has 0 aliphatic carbocycles. The van der Waals surface area contributed by atoms with E-state index < -0.39 is 6.10 Å². The van der Waals surface area contributed by atoms with E-state index >= 15 is 0 Å². The van der Waals surface area contributed by atoms with Crippen molar-refractivity contribution in [1.82, 2.24) is 0 Å². The Kier molecular flexibility index (Phi) is 7.09. The quantitative estimate of drug-likeness (QED) is 0.703. The maximum atomic E-state index is 10.7. The first-order chi connectivity index (χ1) is 11.7. The Morgan fingerprint density at radius 3 is 2.42 bits per heavy atom. The molecule has 4 nitrogen and oxygen atoms in total. The summed E-state index contributed by atoms with van der Waals surface area (Å²) in [4.78, 5) is 0. The SMILES string of the molecule is CCCCOCc1cccc(C(O)c2ccc(OC)c(OC)c2)c1. The number of rotatable bonds is 9. The highest BCUT2D eigenvalue weighted by Crippen LogP contribution is 2.32. The van der Waals surface area contributed by atoms with Crippen LogP contribution in [0.15, 0.2) is 42.5 Å². The van der Waals surface area contributed by atoms with E-state index in [0.717, 1.165) is 36.1 Å². The molecule has 0 aromatic heterocycles. The van der Waals surface area contributed by atoms with Crippen molar-refractivity contribution in [2.45, 2.75) is 32.5 Å². The van der Waals surface area contributed by atoms with Gasteiger partial charge in [0.2, 0.25) is 0 Å². The van der Waals surface area contributed by atoms with Crippen LogP contribution in [0, 0.1) is 0 Å². The minimum absolute atomic E-state index is 0.562. The minimum atomic E-state index is -0.722. The zero-order valence-electron chi connectivity index (χ0n) is 14.6. The second-order valence-corrected chi connectivity index (χ2v) is 5.67. The van der Waals surface area contributed by atoms with Gasteiger partial charge in [-0.25, -0.2) is 0 Å². The summed E-state index contributed by atoms with van der Waals surface area (Å²) in [6, 6.07) is 13.3. The molecular weight excluding hydrogens is 304 g/mol. The van der Waals surface area contributed by atoms with E-state index in [9.17, 15) is 5.11 Å². The fourth-order valence-electron chi connectivity index (χ4n) is 2.50. The van der Waals surface area contributed by atoms with E-state index in [1.54, 1.807) is 26.4 Å². The van der Waals surface area contributed by atoms with E-state index in [0.29, 0.717) is 18.1 Å². The molecule has 2 rings (SSSR count). The summed E-state index contributed by atoms with van der Waals surface area (Å²) in [5, 5.41) is 10.7. The molecule has 0 saturated heterocycles. The van der Waals surface area contributed by atoms with Crippen LogP contribution in [0.1, 0.15) is 42.6 Å².